The van der Waals surface area contributed by atoms with E-state index in [0.717, 1.165) is 4.90 Å². The second kappa shape index (κ2) is 10.2. The molecule has 2 amide bonds. The van der Waals surface area contributed by atoms with E-state index >= 15 is 0 Å². The summed E-state index contributed by atoms with van der Waals surface area (Å²) < 4.78 is 0. The van der Waals surface area contributed by atoms with Crippen LogP contribution in [0.3, 0.4) is 0 Å². The highest BCUT2D eigenvalue weighted by Gasteiger charge is 2.37. The lowest BCUT2D eigenvalue weighted by atomic mass is 9.92. The normalized spacial score (nSPS) is 16.2. The van der Waals surface area contributed by atoms with Crippen LogP contribution in [0.25, 0.3) is 0 Å². The Balaban J connectivity index is 1.83. The molecule has 1 aliphatic rings. The number of nitroso groups, excluding NO2 is 2. The Kier molecular flexibility index (Phi) is 8.10. The fourth-order valence-corrected chi connectivity index (χ4v) is 3.24. The van der Waals surface area contributed by atoms with Crippen molar-refractivity contribution in [2.45, 2.75) is 64.2 Å². The topological polar surface area (TPSA) is 130 Å². The molecular weight excluding hydrogens is 402 g/mol. The maximum Gasteiger partial charge on any atom is 0.261 e. The van der Waals surface area contributed by atoms with Gasteiger partial charge in [-0.15, -0.1) is 0 Å². The zero-order chi connectivity index (χ0) is 23.2. The summed E-state index contributed by atoms with van der Waals surface area (Å²) >= 11 is 0. The first kappa shape index (κ1) is 24.7. The summed E-state index contributed by atoms with van der Waals surface area (Å²) in [5.74, 6) is -0.700. The lowest BCUT2D eigenvalue weighted by molar-refractivity contribution is -0.0184. The van der Waals surface area contributed by atoms with E-state index in [2.05, 4.69) is 21.2 Å². The van der Waals surface area contributed by atoms with E-state index in [4.69, 9.17) is 4.84 Å². The maximum atomic E-state index is 12.5. The number of rotatable bonds is 13. The number of hydrogen-bond acceptors (Lipinski definition) is 9. The molecule has 1 aliphatic heterocycles. The van der Waals surface area contributed by atoms with Crippen LogP contribution < -0.4 is 10.8 Å². The molecule has 2 atom stereocenters. The van der Waals surface area contributed by atoms with Crippen LogP contribution in [-0.2, 0) is 4.84 Å². The third-order valence-corrected chi connectivity index (χ3v) is 5.79. The maximum absolute atomic E-state index is 12.5. The SMILES string of the molecule is CC(N=O)C(C)(C)NOCCNC(C)(C)C(CCN1C(=O)c2ccccc2C1=O)N=O. The largest absolute Gasteiger partial charge is 0.307 e. The van der Waals surface area contributed by atoms with E-state index in [-0.39, 0.29) is 31.4 Å². The third-order valence-electron chi connectivity index (χ3n) is 5.79. The number of benzene rings is 1. The van der Waals surface area contributed by atoms with Gasteiger partial charge in [0.25, 0.3) is 11.8 Å². The Hall–Kier alpha value is -2.56. The van der Waals surface area contributed by atoms with Crippen LogP contribution in [0.5, 0.6) is 0 Å². The van der Waals surface area contributed by atoms with Gasteiger partial charge in [0.2, 0.25) is 0 Å². The van der Waals surface area contributed by atoms with Crippen molar-refractivity contribution in [1.29, 1.82) is 0 Å². The molecule has 1 aromatic carbocycles. The van der Waals surface area contributed by atoms with Gasteiger partial charge in [0, 0.05) is 18.6 Å². The highest BCUT2D eigenvalue weighted by atomic mass is 16.6. The summed E-state index contributed by atoms with van der Waals surface area (Å²) in [7, 11) is 0. The molecular formula is C21H31N5O5. The molecule has 1 aromatic rings. The lowest BCUT2D eigenvalue weighted by Gasteiger charge is -2.32. The molecule has 10 heteroatoms. The van der Waals surface area contributed by atoms with Crippen LogP contribution in [0.15, 0.2) is 34.6 Å². The third kappa shape index (κ3) is 5.78. The van der Waals surface area contributed by atoms with E-state index in [0.29, 0.717) is 17.7 Å². The molecule has 0 saturated carbocycles. The minimum Gasteiger partial charge on any atom is -0.307 e. The lowest BCUT2D eigenvalue weighted by Crippen LogP contribution is -2.52. The molecule has 0 aromatic heterocycles. The molecule has 0 bridgehead atoms. The fourth-order valence-electron chi connectivity index (χ4n) is 3.24. The van der Waals surface area contributed by atoms with Crippen LogP contribution in [0, 0.1) is 9.81 Å². The summed E-state index contributed by atoms with van der Waals surface area (Å²) in [6, 6.07) is 5.54. The first-order valence-electron chi connectivity index (χ1n) is 10.3. The second-order valence-electron chi connectivity index (χ2n) is 8.82. The zero-order valence-electron chi connectivity index (χ0n) is 18.7. The molecule has 0 saturated heterocycles. The zero-order valence-corrected chi connectivity index (χ0v) is 18.7. The van der Waals surface area contributed by atoms with Gasteiger partial charge < -0.3 is 5.32 Å². The molecule has 1 heterocycles. The van der Waals surface area contributed by atoms with Crippen LogP contribution >= 0.6 is 0 Å². The van der Waals surface area contributed by atoms with Crippen LogP contribution in [-0.4, -0.2) is 59.6 Å². The number of hydrogen-bond donors (Lipinski definition) is 2. The summed E-state index contributed by atoms with van der Waals surface area (Å²) in [6.07, 6.45) is 0.240. The summed E-state index contributed by atoms with van der Waals surface area (Å²) in [5.41, 5.74) is 2.28. The van der Waals surface area contributed by atoms with Crippen molar-refractivity contribution < 1.29 is 14.4 Å². The minimum absolute atomic E-state index is 0.108. The molecule has 0 radical (unpaired) electrons. The number of carbonyl (C=O) groups excluding carboxylic acids is 2. The average molecular weight is 434 g/mol. The van der Waals surface area contributed by atoms with Crippen LogP contribution in [0.1, 0.15) is 61.8 Å². The van der Waals surface area contributed by atoms with Crippen LogP contribution in [0.2, 0.25) is 0 Å². The number of carbonyl (C=O) groups is 2. The second-order valence-corrected chi connectivity index (χ2v) is 8.82. The standard InChI is InChI=1S/C21H31N5O5/c1-14(23-29)20(2,3)25-31-13-11-22-21(4,5)17(24-30)10-12-26-18(27)15-8-6-7-9-16(15)19(26)28/h6-9,14,17,22,25H,10-13H2,1-5H3. The van der Waals surface area contributed by atoms with Gasteiger partial charge in [0.15, 0.2) is 0 Å². The number of hydroxylamine groups is 1. The van der Waals surface area contributed by atoms with E-state index in [9.17, 15) is 19.4 Å². The van der Waals surface area contributed by atoms with Crippen molar-refractivity contribution >= 4 is 11.8 Å². The Labute approximate surface area is 182 Å². The van der Waals surface area contributed by atoms with Gasteiger partial charge in [0.05, 0.1) is 23.3 Å². The Morgan fingerprint density at radius 2 is 1.58 bits per heavy atom. The summed E-state index contributed by atoms with van der Waals surface area (Å²) in [4.78, 5) is 53.7. The highest BCUT2D eigenvalue weighted by Crippen LogP contribution is 2.24. The number of amides is 2. The number of nitrogens with one attached hydrogen (secondary N) is 2. The van der Waals surface area contributed by atoms with Gasteiger partial charge in [-0.05, 0) is 53.2 Å². The molecule has 2 N–H and O–H groups in total. The van der Waals surface area contributed by atoms with Crippen molar-refractivity contribution in [2.24, 2.45) is 10.4 Å². The van der Waals surface area contributed by atoms with Crippen molar-refractivity contribution in [1.82, 2.24) is 15.7 Å². The Morgan fingerprint density at radius 1 is 1.00 bits per heavy atom. The molecule has 2 unspecified atom stereocenters. The predicted octanol–water partition coefficient (Wildman–Crippen LogP) is 2.63. The molecule has 0 fully saturated rings. The smallest absolute Gasteiger partial charge is 0.261 e. The monoisotopic (exact) mass is 433 g/mol. The Morgan fingerprint density at radius 3 is 2.10 bits per heavy atom. The quantitative estimate of drug-likeness (QED) is 0.212. The van der Waals surface area contributed by atoms with Crippen molar-refractivity contribution in [2.75, 3.05) is 19.7 Å². The average Bonchev–Trinajstić information content (AvgIpc) is 2.97. The predicted molar refractivity (Wildman–Crippen MR) is 117 cm³/mol. The van der Waals surface area contributed by atoms with E-state index in [1.807, 2.05) is 27.7 Å². The van der Waals surface area contributed by atoms with E-state index in [1.165, 1.54) is 0 Å². The van der Waals surface area contributed by atoms with Crippen molar-refractivity contribution in [3.05, 3.63) is 45.2 Å². The molecule has 2 rings (SSSR count). The van der Waals surface area contributed by atoms with E-state index < -0.39 is 23.2 Å². The van der Waals surface area contributed by atoms with Crippen LogP contribution in [0.4, 0.5) is 0 Å². The molecule has 10 nitrogen and oxygen atoms in total. The van der Waals surface area contributed by atoms with Crippen molar-refractivity contribution in [3.63, 3.8) is 0 Å². The number of nitrogens with zero attached hydrogens (tertiary/aromatic N) is 3. The number of imide groups is 1. The van der Waals surface area contributed by atoms with E-state index in [1.54, 1.807) is 31.2 Å². The van der Waals surface area contributed by atoms with Gasteiger partial charge in [0.1, 0.15) is 12.1 Å². The first-order chi connectivity index (χ1) is 14.5. The van der Waals surface area contributed by atoms with Gasteiger partial charge in [-0.25, -0.2) is 0 Å². The van der Waals surface area contributed by atoms with Gasteiger partial charge in [-0.2, -0.15) is 15.3 Å². The molecule has 170 valence electrons. The number of fused-ring (bicyclic) bond motifs is 1. The molecule has 0 spiro atoms. The highest BCUT2D eigenvalue weighted by molar-refractivity contribution is 6.21. The minimum atomic E-state index is -0.684. The fraction of sp³-hybridized carbons (Fsp3) is 0.619. The van der Waals surface area contributed by atoms with Gasteiger partial charge in [-0.1, -0.05) is 22.5 Å². The first-order valence-corrected chi connectivity index (χ1v) is 10.3. The Bertz CT molecular complexity index is 791. The molecule has 31 heavy (non-hydrogen) atoms. The van der Waals surface area contributed by atoms with Gasteiger partial charge in [-0.3, -0.25) is 19.3 Å². The van der Waals surface area contributed by atoms with Crippen molar-refractivity contribution in [3.8, 4) is 0 Å². The summed E-state index contributed by atoms with van der Waals surface area (Å²) in [5, 5.41) is 9.45. The van der Waals surface area contributed by atoms with Gasteiger partial charge >= 0.3 is 0 Å². The summed E-state index contributed by atoms with van der Waals surface area (Å²) in [6.45, 7) is 9.77. The molecule has 0 aliphatic carbocycles.